The third-order valence-corrected chi connectivity index (χ3v) is 5.12. The average Bonchev–Trinajstić information content (AvgIpc) is 2.58. The second-order valence-corrected chi connectivity index (χ2v) is 6.91. The third kappa shape index (κ3) is 2.78. The van der Waals surface area contributed by atoms with E-state index in [2.05, 4.69) is 0 Å². The maximum absolute atomic E-state index is 12.8. The van der Waals surface area contributed by atoms with Crippen LogP contribution in [-0.4, -0.2) is 25.0 Å². The molecule has 1 fully saturated rings. The summed E-state index contributed by atoms with van der Waals surface area (Å²) in [5.41, 5.74) is 0.384. The van der Waals surface area contributed by atoms with E-state index in [0.717, 1.165) is 6.07 Å². The highest BCUT2D eigenvalue weighted by Crippen LogP contribution is 2.34. The summed E-state index contributed by atoms with van der Waals surface area (Å²) in [5, 5.41) is 10.2. The van der Waals surface area contributed by atoms with Crippen LogP contribution in [0.5, 0.6) is 0 Å². The lowest BCUT2D eigenvalue weighted by Gasteiger charge is -2.18. The van der Waals surface area contributed by atoms with Crippen LogP contribution < -0.4 is 0 Å². The molecule has 0 amide bonds. The van der Waals surface area contributed by atoms with Gasteiger partial charge in [0.25, 0.3) is 0 Å². The summed E-state index contributed by atoms with van der Waals surface area (Å²) in [4.78, 5) is 0. The van der Waals surface area contributed by atoms with Crippen molar-refractivity contribution < 1.29 is 17.9 Å². The highest BCUT2D eigenvalue weighted by Gasteiger charge is 2.34. The molecule has 1 aromatic rings. The molecule has 0 aliphatic carbocycles. The first-order valence-electron chi connectivity index (χ1n) is 5.22. The summed E-state index contributed by atoms with van der Waals surface area (Å²) < 4.78 is 35.5. The van der Waals surface area contributed by atoms with Crippen LogP contribution in [0.3, 0.4) is 0 Å². The number of aliphatic hydroxyl groups excluding tert-OH is 1. The topological polar surface area (TPSA) is 54.4 Å². The molecule has 94 valence electrons. The van der Waals surface area contributed by atoms with Gasteiger partial charge in [-0.15, -0.1) is 0 Å². The Labute approximate surface area is 104 Å². The molecule has 0 saturated carbocycles. The molecule has 1 heterocycles. The van der Waals surface area contributed by atoms with Gasteiger partial charge in [-0.1, -0.05) is 17.7 Å². The zero-order chi connectivity index (χ0) is 12.6. The monoisotopic (exact) mass is 278 g/mol. The molecule has 2 atom stereocenters. The Kier molecular flexibility index (Phi) is 3.43. The number of sulfone groups is 1. The van der Waals surface area contributed by atoms with Crippen molar-refractivity contribution in [2.75, 3.05) is 11.5 Å². The molecule has 6 heteroatoms. The van der Waals surface area contributed by atoms with E-state index in [-0.39, 0.29) is 22.4 Å². The fraction of sp³-hybridized carbons (Fsp3) is 0.455. The van der Waals surface area contributed by atoms with Gasteiger partial charge in [0, 0.05) is 10.9 Å². The number of aliphatic hydroxyl groups is 1. The minimum Gasteiger partial charge on any atom is -0.388 e. The van der Waals surface area contributed by atoms with E-state index in [4.69, 9.17) is 11.6 Å². The zero-order valence-corrected chi connectivity index (χ0v) is 10.5. The lowest BCUT2D eigenvalue weighted by atomic mass is 9.95. The van der Waals surface area contributed by atoms with Crippen molar-refractivity contribution in [3.05, 3.63) is 34.6 Å². The molecule has 3 nitrogen and oxygen atoms in total. The van der Waals surface area contributed by atoms with Crippen molar-refractivity contribution >= 4 is 21.4 Å². The molecule has 0 radical (unpaired) electrons. The predicted octanol–water partition coefficient (Wildman–Crippen LogP) is 1.95. The number of hydrogen-bond donors (Lipinski definition) is 1. The molecule has 1 N–H and O–H groups in total. The van der Waals surface area contributed by atoms with Crippen LogP contribution in [0.15, 0.2) is 18.2 Å². The van der Waals surface area contributed by atoms with Gasteiger partial charge < -0.3 is 5.11 Å². The molecule has 0 spiro atoms. The Morgan fingerprint density at radius 3 is 2.71 bits per heavy atom. The molecule has 2 rings (SSSR count). The Morgan fingerprint density at radius 2 is 2.18 bits per heavy atom. The van der Waals surface area contributed by atoms with Crippen LogP contribution in [0.25, 0.3) is 0 Å². The van der Waals surface area contributed by atoms with Gasteiger partial charge in [0.1, 0.15) is 5.82 Å². The summed E-state index contributed by atoms with van der Waals surface area (Å²) in [7, 11) is -3.05. The van der Waals surface area contributed by atoms with E-state index in [0.29, 0.717) is 12.0 Å². The Balaban J connectivity index is 2.23. The van der Waals surface area contributed by atoms with Crippen molar-refractivity contribution in [3.63, 3.8) is 0 Å². The lowest BCUT2D eigenvalue weighted by Crippen LogP contribution is -2.14. The van der Waals surface area contributed by atoms with E-state index in [9.17, 15) is 17.9 Å². The molecule has 2 unspecified atom stereocenters. The largest absolute Gasteiger partial charge is 0.388 e. The summed E-state index contributed by atoms with van der Waals surface area (Å²) in [6, 6.07) is 3.71. The Bertz CT molecular complexity index is 530. The lowest BCUT2D eigenvalue weighted by molar-refractivity contribution is 0.121. The maximum Gasteiger partial charge on any atom is 0.150 e. The van der Waals surface area contributed by atoms with Gasteiger partial charge in [0.2, 0.25) is 0 Å². The summed E-state index contributed by atoms with van der Waals surface area (Å²) in [5.74, 6) is -0.789. The van der Waals surface area contributed by atoms with Crippen molar-refractivity contribution in [3.8, 4) is 0 Å². The Hall–Kier alpha value is -0.650. The second kappa shape index (κ2) is 4.55. The van der Waals surface area contributed by atoms with Gasteiger partial charge >= 0.3 is 0 Å². The molecule has 0 aromatic heterocycles. The summed E-state index contributed by atoms with van der Waals surface area (Å²) in [6.45, 7) is 0. The number of rotatable bonds is 2. The molecule has 1 aromatic carbocycles. The van der Waals surface area contributed by atoms with Crippen LogP contribution >= 0.6 is 11.6 Å². The van der Waals surface area contributed by atoms with E-state index in [1.54, 1.807) is 0 Å². The minimum absolute atomic E-state index is 0.0398. The highest BCUT2D eigenvalue weighted by molar-refractivity contribution is 7.91. The van der Waals surface area contributed by atoms with Gasteiger partial charge in [0.15, 0.2) is 9.84 Å². The maximum atomic E-state index is 12.8. The molecule has 1 aliphatic rings. The molecule has 17 heavy (non-hydrogen) atoms. The van der Waals surface area contributed by atoms with E-state index >= 15 is 0 Å². The van der Waals surface area contributed by atoms with E-state index < -0.39 is 21.8 Å². The highest BCUT2D eigenvalue weighted by atomic mass is 35.5. The standard InChI is InChI=1S/C11H12ClFO3S/c12-10-5-8(13)1-2-9(10)11(14)7-3-4-17(15,16)6-7/h1-2,5,7,11,14H,3-4,6H2. The third-order valence-electron chi connectivity index (χ3n) is 3.00. The first kappa shape index (κ1) is 12.8. The molecule has 1 aliphatic heterocycles. The second-order valence-electron chi connectivity index (χ2n) is 4.27. The van der Waals surface area contributed by atoms with E-state index in [1.807, 2.05) is 0 Å². The van der Waals surface area contributed by atoms with Gasteiger partial charge in [0.05, 0.1) is 17.6 Å². The van der Waals surface area contributed by atoms with Crippen molar-refractivity contribution in [1.82, 2.24) is 0 Å². The van der Waals surface area contributed by atoms with Crippen LogP contribution in [0, 0.1) is 11.7 Å². The van der Waals surface area contributed by atoms with E-state index in [1.165, 1.54) is 12.1 Å². The number of benzene rings is 1. The molecule has 1 saturated heterocycles. The first-order valence-corrected chi connectivity index (χ1v) is 7.42. The normalized spacial score (nSPS) is 24.8. The fourth-order valence-corrected chi connectivity index (χ4v) is 4.18. The fourth-order valence-electron chi connectivity index (χ4n) is 2.07. The molecular formula is C11H12ClFO3S. The van der Waals surface area contributed by atoms with Crippen LogP contribution in [-0.2, 0) is 9.84 Å². The predicted molar refractivity (Wildman–Crippen MR) is 63.1 cm³/mol. The molecular weight excluding hydrogens is 267 g/mol. The van der Waals surface area contributed by atoms with Crippen molar-refractivity contribution in [1.29, 1.82) is 0 Å². The van der Waals surface area contributed by atoms with Crippen molar-refractivity contribution in [2.24, 2.45) is 5.92 Å². The molecule has 0 bridgehead atoms. The SMILES string of the molecule is O=S1(=O)CCC(C(O)c2ccc(F)cc2Cl)C1. The van der Waals surface area contributed by atoms with Gasteiger partial charge in [-0.05, 0) is 24.1 Å². The van der Waals surface area contributed by atoms with Crippen molar-refractivity contribution in [2.45, 2.75) is 12.5 Å². The zero-order valence-electron chi connectivity index (χ0n) is 8.94. The van der Waals surface area contributed by atoms with Gasteiger partial charge in [-0.3, -0.25) is 0 Å². The van der Waals surface area contributed by atoms with Crippen LogP contribution in [0.1, 0.15) is 18.1 Å². The minimum atomic E-state index is -3.05. The summed E-state index contributed by atoms with van der Waals surface area (Å²) >= 11 is 5.82. The van der Waals surface area contributed by atoms with Gasteiger partial charge in [-0.25, -0.2) is 12.8 Å². The van der Waals surface area contributed by atoms with Crippen LogP contribution in [0.4, 0.5) is 4.39 Å². The first-order chi connectivity index (χ1) is 7.89. The van der Waals surface area contributed by atoms with Crippen LogP contribution in [0.2, 0.25) is 5.02 Å². The average molecular weight is 279 g/mol. The van der Waals surface area contributed by atoms with Gasteiger partial charge in [-0.2, -0.15) is 0 Å². The smallest absolute Gasteiger partial charge is 0.150 e. The quantitative estimate of drug-likeness (QED) is 0.900. The number of halogens is 2. The summed E-state index contributed by atoms with van der Waals surface area (Å²) in [6.07, 6.45) is -0.544. The Morgan fingerprint density at radius 1 is 1.47 bits per heavy atom. The number of hydrogen-bond acceptors (Lipinski definition) is 3.